The standard InChI is InChI=1S/C36H39FN2O6.Na.H/c1-22(2)39-31(18-17-29(41)19-30(42)20-32(43)44)33(27-13-15-28(37)16-14-27)34(26-7-5-4-6-8-26)35(39)36(45)38-21-24-9-11-25(12-10-24)23(3)40;;/h4-16,22,29-30,41-42H,17-21H2,1-3H3,(H,38,45)(H,43,44);;/q;+1;-1/t29-,30-;;/m1../s1. The number of benzene rings is 3. The van der Waals surface area contributed by atoms with E-state index in [-0.39, 0.29) is 68.1 Å². The summed E-state index contributed by atoms with van der Waals surface area (Å²) in [6.45, 7) is 5.62. The Morgan fingerprint density at radius 2 is 1.48 bits per heavy atom. The quantitative estimate of drug-likeness (QED) is 0.124. The SMILES string of the molecule is CC(=O)c1ccc(CNC(=O)c2c(-c3ccccc3)c(-c3ccc(F)cc3)c(CC[C@@H](O)C[C@@H](O)CC(=O)O)n2C(C)C)cc1.[H-].[Na+]. The Balaban J connectivity index is 0.00000384. The second-order valence-electron chi connectivity index (χ2n) is 11.5. The van der Waals surface area contributed by atoms with E-state index in [1.807, 2.05) is 48.7 Å². The summed E-state index contributed by atoms with van der Waals surface area (Å²) in [5.74, 6) is -1.93. The van der Waals surface area contributed by atoms with Crippen molar-refractivity contribution in [1.29, 1.82) is 0 Å². The number of hydrogen-bond donors (Lipinski definition) is 4. The zero-order chi connectivity index (χ0) is 32.7. The average molecular weight is 639 g/mol. The van der Waals surface area contributed by atoms with Crippen LogP contribution in [0.25, 0.3) is 22.3 Å². The van der Waals surface area contributed by atoms with Crippen molar-refractivity contribution in [3.8, 4) is 22.3 Å². The molecule has 1 heterocycles. The Bertz CT molecular complexity index is 1640. The minimum atomic E-state index is -1.20. The second kappa shape index (κ2) is 16.8. The van der Waals surface area contributed by atoms with Crippen LogP contribution in [0.15, 0.2) is 78.9 Å². The molecule has 0 aliphatic carbocycles. The number of halogens is 1. The predicted molar refractivity (Wildman–Crippen MR) is 172 cm³/mol. The van der Waals surface area contributed by atoms with Crippen LogP contribution in [-0.2, 0) is 17.8 Å². The summed E-state index contributed by atoms with van der Waals surface area (Å²) in [5.41, 5.74) is 5.42. The summed E-state index contributed by atoms with van der Waals surface area (Å²) >= 11 is 0. The Morgan fingerprint density at radius 1 is 0.870 bits per heavy atom. The van der Waals surface area contributed by atoms with Gasteiger partial charge in [0.1, 0.15) is 11.5 Å². The molecule has 8 nitrogen and oxygen atoms in total. The Hall–Kier alpha value is -3.60. The fourth-order valence-corrected chi connectivity index (χ4v) is 5.63. The average Bonchev–Trinajstić information content (AvgIpc) is 3.35. The van der Waals surface area contributed by atoms with Crippen molar-refractivity contribution in [1.82, 2.24) is 9.88 Å². The fraction of sp³-hybridized carbons (Fsp3) is 0.306. The van der Waals surface area contributed by atoms with Crippen molar-refractivity contribution in [2.24, 2.45) is 0 Å². The van der Waals surface area contributed by atoms with Gasteiger partial charge in [0, 0.05) is 35.0 Å². The number of carbonyl (C=O) groups is 3. The third-order valence-corrected chi connectivity index (χ3v) is 7.72. The summed E-state index contributed by atoms with van der Waals surface area (Å²) < 4.78 is 16.0. The first-order valence-electron chi connectivity index (χ1n) is 15.0. The second-order valence-corrected chi connectivity index (χ2v) is 11.5. The number of nitrogens with one attached hydrogen (secondary N) is 1. The number of hydrogen-bond acceptors (Lipinski definition) is 5. The predicted octanol–water partition coefficient (Wildman–Crippen LogP) is 3.31. The van der Waals surface area contributed by atoms with Gasteiger partial charge in [-0.2, -0.15) is 0 Å². The number of Topliss-reactive ketones (excluding diaryl/α,β-unsaturated/α-hetero) is 1. The van der Waals surface area contributed by atoms with Crippen LogP contribution < -0.4 is 34.9 Å². The molecular formula is C36H40FN2NaO6. The number of rotatable bonds is 14. The maximum atomic E-state index is 14.2. The van der Waals surface area contributed by atoms with E-state index in [4.69, 9.17) is 5.11 Å². The molecule has 4 N–H and O–H groups in total. The van der Waals surface area contributed by atoms with Gasteiger partial charge in [-0.25, -0.2) is 4.39 Å². The van der Waals surface area contributed by atoms with E-state index in [1.165, 1.54) is 19.1 Å². The molecule has 2 atom stereocenters. The van der Waals surface area contributed by atoms with Gasteiger partial charge in [0.25, 0.3) is 5.91 Å². The number of aliphatic hydroxyl groups excluding tert-OH is 2. The summed E-state index contributed by atoms with van der Waals surface area (Å²) in [7, 11) is 0. The molecule has 0 radical (unpaired) electrons. The molecule has 1 aromatic heterocycles. The van der Waals surface area contributed by atoms with Crippen molar-refractivity contribution < 1.29 is 65.1 Å². The van der Waals surface area contributed by atoms with Gasteiger partial charge in [0.05, 0.1) is 18.6 Å². The molecule has 0 unspecified atom stereocenters. The number of carboxylic acids is 1. The van der Waals surface area contributed by atoms with Crippen LogP contribution in [0.4, 0.5) is 4.39 Å². The largest absolute Gasteiger partial charge is 1.00 e. The summed E-state index contributed by atoms with van der Waals surface area (Å²) in [6.07, 6.45) is -2.28. The van der Waals surface area contributed by atoms with Gasteiger partial charge in [0.2, 0.25) is 0 Å². The monoisotopic (exact) mass is 638 g/mol. The van der Waals surface area contributed by atoms with E-state index < -0.39 is 30.4 Å². The van der Waals surface area contributed by atoms with Gasteiger partial charge in [-0.3, -0.25) is 14.4 Å². The number of aliphatic carboxylic acids is 1. The topological polar surface area (TPSA) is 129 Å². The molecule has 0 saturated carbocycles. The maximum Gasteiger partial charge on any atom is 1.00 e. The van der Waals surface area contributed by atoms with Crippen molar-refractivity contribution in [3.05, 3.63) is 107 Å². The Labute approximate surface area is 292 Å². The first-order chi connectivity index (χ1) is 21.5. The molecule has 0 saturated heterocycles. The molecule has 0 aliphatic rings. The number of ketones is 1. The number of amides is 1. The number of nitrogens with zero attached hydrogens (tertiary/aromatic N) is 1. The number of carbonyl (C=O) groups excluding carboxylic acids is 2. The van der Waals surface area contributed by atoms with Crippen molar-refractivity contribution in [2.45, 2.75) is 71.2 Å². The van der Waals surface area contributed by atoms with Crippen LogP contribution in [0.2, 0.25) is 0 Å². The zero-order valence-electron chi connectivity index (χ0n) is 27.7. The van der Waals surface area contributed by atoms with Crippen molar-refractivity contribution in [3.63, 3.8) is 0 Å². The molecule has 0 aliphatic heterocycles. The summed E-state index contributed by atoms with van der Waals surface area (Å²) in [6, 6.07) is 22.3. The van der Waals surface area contributed by atoms with Gasteiger partial charge in [0.15, 0.2) is 5.78 Å². The number of aliphatic hydroxyl groups is 2. The fourth-order valence-electron chi connectivity index (χ4n) is 5.63. The maximum absolute atomic E-state index is 14.2. The molecule has 0 bridgehead atoms. The smallest absolute Gasteiger partial charge is 1.00 e. The van der Waals surface area contributed by atoms with E-state index in [0.29, 0.717) is 28.8 Å². The molecular weight excluding hydrogens is 598 g/mol. The van der Waals surface area contributed by atoms with Crippen molar-refractivity contribution in [2.75, 3.05) is 0 Å². The molecule has 0 spiro atoms. The molecule has 1 amide bonds. The minimum absolute atomic E-state index is 0. The van der Waals surface area contributed by atoms with Crippen LogP contribution in [0.1, 0.15) is 79.6 Å². The van der Waals surface area contributed by atoms with Gasteiger partial charge >= 0.3 is 35.5 Å². The van der Waals surface area contributed by atoms with E-state index in [1.54, 1.807) is 36.4 Å². The Morgan fingerprint density at radius 3 is 2.04 bits per heavy atom. The Kier molecular flexibility index (Phi) is 13.5. The van der Waals surface area contributed by atoms with Gasteiger partial charge in [-0.05, 0) is 68.9 Å². The van der Waals surface area contributed by atoms with Crippen molar-refractivity contribution >= 4 is 17.7 Å². The molecule has 3 aromatic carbocycles. The molecule has 4 rings (SSSR count). The molecule has 238 valence electrons. The normalized spacial score (nSPS) is 12.3. The number of aromatic nitrogens is 1. The van der Waals surface area contributed by atoms with Gasteiger partial charge < -0.3 is 26.6 Å². The zero-order valence-corrected chi connectivity index (χ0v) is 28.7. The molecule has 0 fully saturated rings. The third-order valence-electron chi connectivity index (χ3n) is 7.72. The van der Waals surface area contributed by atoms with Gasteiger partial charge in [-0.1, -0.05) is 66.7 Å². The van der Waals surface area contributed by atoms with E-state index in [0.717, 1.165) is 22.4 Å². The van der Waals surface area contributed by atoms with Crippen LogP contribution in [0, 0.1) is 5.82 Å². The van der Waals surface area contributed by atoms with E-state index >= 15 is 0 Å². The van der Waals surface area contributed by atoms with Crippen LogP contribution >= 0.6 is 0 Å². The van der Waals surface area contributed by atoms with Crippen LogP contribution in [-0.4, -0.2) is 49.8 Å². The molecule has 46 heavy (non-hydrogen) atoms. The van der Waals surface area contributed by atoms with Crippen LogP contribution in [0.5, 0.6) is 0 Å². The minimum Gasteiger partial charge on any atom is -1.00 e. The molecule has 10 heteroatoms. The molecule has 4 aromatic rings. The van der Waals surface area contributed by atoms with E-state index in [9.17, 15) is 29.0 Å². The summed E-state index contributed by atoms with van der Waals surface area (Å²) in [4.78, 5) is 36.9. The number of carboxylic acid groups (broad SMARTS) is 1. The van der Waals surface area contributed by atoms with E-state index in [2.05, 4.69) is 5.32 Å². The first kappa shape index (κ1) is 36.9. The first-order valence-corrected chi connectivity index (χ1v) is 15.0. The van der Waals surface area contributed by atoms with Gasteiger partial charge in [-0.15, -0.1) is 0 Å². The van der Waals surface area contributed by atoms with Crippen LogP contribution in [0.3, 0.4) is 0 Å². The summed E-state index contributed by atoms with van der Waals surface area (Å²) in [5, 5.41) is 32.9. The third kappa shape index (κ3) is 9.24.